The van der Waals surface area contributed by atoms with E-state index >= 15 is 0 Å². The molecule has 2 fully saturated rings. The standard InChI is InChI=1S/C15H16Br2O2/c1-2-4-9-7-11(9)13-15-14(19-13)12(17)8-10(18-15)5-3-6-16/h2,4-6,9-11,13,15H,7-8H2,1H3/b4-2-/t3?,9-,10+,11+,13-,15-/m0/s1. The van der Waals surface area contributed by atoms with Crippen molar-refractivity contribution in [1.29, 1.82) is 0 Å². The van der Waals surface area contributed by atoms with Gasteiger partial charge in [-0.3, -0.25) is 0 Å². The summed E-state index contributed by atoms with van der Waals surface area (Å²) in [5.41, 5.74) is 3.03. The van der Waals surface area contributed by atoms with Crippen LogP contribution in [-0.2, 0) is 9.47 Å². The maximum absolute atomic E-state index is 6.10. The fraction of sp³-hybridized carbons (Fsp3) is 0.533. The predicted octanol–water partition coefficient (Wildman–Crippen LogP) is 4.43. The lowest BCUT2D eigenvalue weighted by molar-refractivity contribution is -0.167. The van der Waals surface area contributed by atoms with E-state index in [9.17, 15) is 0 Å². The van der Waals surface area contributed by atoms with Gasteiger partial charge in [-0.05, 0) is 25.3 Å². The Hall–Kier alpha value is -0.280. The highest BCUT2D eigenvalue weighted by Gasteiger charge is 2.55. The largest absolute Gasteiger partial charge is 0.487 e. The van der Waals surface area contributed by atoms with E-state index < -0.39 is 0 Å². The maximum atomic E-state index is 6.10. The van der Waals surface area contributed by atoms with Crippen molar-refractivity contribution in [2.75, 3.05) is 0 Å². The third kappa shape index (κ3) is 2.64. The molecule has 0 aromatic heterocycles. The van der Waals surface area contributed by atoms with E-state index in [1.165, 1.54) is 6.42 Å². The van der Waals surface area contributed by atoms with E-state index in [4.69, 9.17) is 9.47 Å². The lowest BCUT2D eigenvalue weighted by Crippen LogP contribution is -2.50. The van der Waals surface area contributed by atoms with Crippen LogP contribution in [0.3, 0.4) is 0 Å². The summed E-state index contributed by atoms with van der Waals surface area (Å²) in [6, 6.07) is 0. The van der Waals surface area contributed by atoms with Crippen molar-refractivity contribution in [2.24, 2.45) is 11.8 Å². The van der Waals surface area contributed by atoms with Gasteiger partial charge in [-0.25, -0.2) is 0 Å². The molecule has 0 spiro atoms. The molecular formula is C15H16Br2O2. The van der Waals surface area contributed by atoms with E-state index in [-0.39, 0.29) is 18.3 Å². The van der Waals surface area contributed by atoms with Gasteiger partial charge in [0, 0.05) is 21.8 Å². The molecule has 2 aliphatic heterocycles. The number of allylic oxidation sites excluding steroid dienone is 2. The molecule has 4 heteroatoms. The highest BCUT2D eigenvalue weighted by Crippen LogP contribution is 2.53. The van der Waals surface area contributed by atoms with Crippen LogP contribution < -0.4 is 0 Å². The molecule has 0 aromatic rings. The Balaban J connectivity index is 1.68. The Labute approximate surface area is 130 Å². The summed E-state index contributed by atoms with van der Waals surface area (Å²) in [6.45, 7) is 2.07. The SMILES string of the molecule is C/C=C\[C@H]1C[C@H]1[C@@H]1OC2=C(Br)C[C@@H](C=C=CBr)O[C@H]21. The molecule has 0 radical (unpaired) electrons. The highest BCUT2D eigenvalue weighted by atomic mass is 79.9. The van der Waals surface area contributed by atoms with Crippen LogP contribution in [0.1, 0.15) is 19.8 Å². The third-order valence-electron chi connectivity index (χ3n) is 3.89. The lowest BCUT2D eigenvalue weighted by Gasteiger charge is -2.45. The summed E-state index contributed by atoms with van der Waals surface area (Å²) in [5, 5.41) is 0. The van der Waals surface area contributed by atoms with Crippen molar-refractivity contribution in [1.82, 2.24) is 0 Å². The van der Waals surface area contributed by atoms with Gasteiger partial charge < -0.3 is 9.47 Å². The van der Waals surface area contributed by atoms with E-state index in [1.54, 1.807) is 4.99 Å². The Morgan fingerprint density at radius 3 is 3.00 bits per heavy atom. The normalized spacial score (nSPS) is 40.1. The van der Waals surface area contributed by atoms with Gasteiger partial charge in [-0.15, -0.1) is 5.73 Å². The molecule has 5 atom stereocenters. The average molecular weight is 388 g/mol. The first-order valence-electron chi connectivity index (χ1n) is 6.59. The first-order valence-corrected chi connectivity index (χ1v) is 8.30. The summed E-state index contributed by atoms with van der Waals surface area (Å²) in [6.07, 6.45) is 8.86. The van der Waals surface area contributed by atoms with Gasteiger partial charge in [-0.1, -0.05) is 44.0 Å². The number of hydrogen-bond donors (Lipinski definition) is 0. The zero-order chi connectivity index (χ0) is 13.4. The van der Waals surface area contributed by atoms with Crippen molar-refractivity contribution >= 4 is 31.9 Å². The van der Waals surface area contributed by atoms with Crippen LogP contribution in [0.25, 0.3) is 0 Å². The third-order valence-corrected chi connectivity index (χ3v) is 4.87. The van der Waals surface area contributed by atoms with Crippen LogP contribution in [-0.4, -0.2) is 18.3 Å². The summed E-state index contributed by atoms with van der Waals surface area (Å²) >= 11 is 6.84. The molecule has 0 bridgehead atoms. The summed E-state index contributed by atoms with van der Waals surface area (Å²) in [7, 11) is 0. The monoisotopic (exact) mass is 386 g/mol. The van der Waals surface area contributed by atoms with Gasteiger partial charge >= 0.3 is 0 Å². The predicted molar refractivity (Wildman–Crippen MR) is 82.1 cm³/mol. The fourth-order valence-electron chi connectivity index (χ4n) is 2.86. The van der Waals surface area contributed by atoms with Crippen molar-refractivity contribution in [2.45, 2.75) is 38.1 Å². The maximum Gasteiger partial charge on any atom is 0.153 e. The summed E-state index contributed by atoms with van der Waals surface area (Å²) in [4.78, 5) is 1.72. The number of hydrogen-bond acceptors (Lipinski definition) is 2. The number of fused-ring (bicyclic) bond motifs is 1. The summed E-state index contributed by atoms with van der Waals surface area (Å²) < 4.78 is 13.2. The van der Waals surface area contributed by atoms with Gasteiger partial charge in [0.15, 0.2) is 6.10 Å². The van der Waals surface area contributed by atoms with E-state index in [2.05, 4.69) is 56.7 Å². The van der Waals surface area contributed by atoms with E-state index in [1.807, 2.05) is 6.08 Å². The van der Waals surface area contributed by atoms with Gasteiger partial charge in [-0.2, -0.15) is 0 Å². The second-order valence-electron chi connectivity index (χ2n) is 5.18. The Morgan fingerprint density at radius 2 is 2.26 bits per heavy atom. The van der Waals surface area contributed by atoms with E-state index in [0.717, 1.165) is 16.7 Å². The molecule has 1 aliphatic carbocycles. The smallest absolute Gasteiger partial charge is 0.153 e. The highest BCUT2D eigenvalue weighted by molar-refractivity contribution is 9.11. The first kappa shape index (κ1) is 13.7. The van der Waals surface area contributed by atoms with Crippen LogP contribution >= 0.6 is 31.9 Å². The topological polar surface area (TPSA) is 18.5 Å². The molecule has 1 saturated heterocycles. The quantitative estimate of drug-likeness (QED) is 0.527. The Kier molecular flexibility index (Phi) is 4.04. The van der Waals surface area contributed by atoms with Gasteiger partial charge in [0.1, 0.15) is 11.9 Å². The van der Waals surface area contributed by atoms with Crippen molar-refractivity contribution < 1.29 is 9.47 Å². The Bertz CT molecular complexity index is 488. The second-order valence-corrected chi connectivity index (χ2v) is 6.60. The molecule has 0 N–H and O–H groups in total. The molecule has 1 saturated carbocycles. The zero-order valence-electron chi connectivity index (χ0n) is 10.7. The van der Waals surface area contributed by atoms with Crippen LogP contribution in [0.5, 0.6) is 0 Å². The molecule has 3 rings (SSSR count). The minimum absolute atomic E-state index is 0.0854. The van der Waals surface area contributed by atoms with Crippen LogP contribution in [0.2, 0.25) is 0 Å². The number of halogens is 2. The fourth-order valence-corrected chi connectivity index (χ4v) is 3.65. The molecule has 0 amide bonds. The molecule has 0 unspecified atom stereocenters. The van der Waals surface area contributed by atoms with Crippen molar-refractivity contribution in [3.05, 3.63) is 39.2 Å². The van der Waals surface area contributed by atoms with Crippen LogP contribution in [0, 0.1) is 11.8 Å². The molecule has 2 nitrogen and oxygen atoms in total. The molecule has 19 heavy (non-hydrogen) atoms. The number of ether oxygens (including phenoxy) is 2. The molecule has 0 aromatic carbocycles. The van der Waals surface area contributed by atoms with E-state index in [0.29, 0.717) is 11.8 Å². The zero-order valence-corrected chi connectivity index (χ0v) is 13.9. The molecular weight excluding hydrogens is 372 g/mol. The number of rotatable bonds is 3. The minimum Gasteiger partial charge on any atom is -0.487 e. The Morgan fingerprint density at radius 1 is 1.42 bits per heavy atom. The van der Waals surface area contributed by atoms with Gasteiger partial charge in [0.2, 0.25) is 0 Å². The second kappa shape index (κ2) is 5.61. The summed E-state index contributed by atoms with van der Waals surface area (Å²) in [5.74, 6) is 2.31. The average Bonchev–Trinajstić information content (AvgIpc) is 3.09. The van der Waals surface area contributed by atoms with Gasteiger partial charge in [0.25, 0.3) is 0 Å². The van der Waals surface area contributed by atoms with Crippen LogP contribution in [0.15, 0.2) is 39.2 Å². The molecule has 2 heterocycles. The van der Waals surface area contributed by atoms with Crippen molar-refractivity contribution in [3.63, 3.8) is 0 Å². The van der Waals surface area contributed by atoms with Crippen LogP contribution in [0.4, 0.5) is 0 Å². The first-order chi connectivity index (χ1) is 9.24. The van der Waals surface area contributed by atoms with Gasteiger partial charge in [0.05, 0.1) is 6.10 Å². The lowest BCUT2D eigenvalue weighted by atomic mass is 9.95. The van der Waals surface area contributed by atoms with Crippen molar-refractivity contribution in [3.8, 4) is 0 Å². The molecule has 3 aliphatic rings. The minimum atomic E-state index is 0.0854. The molecule has 102 valence electrons.